The number of unbranched alkanes of at least 4 members (excludes halogenated alkanes) is 30. The summed E-state index contributed by atoms with van der Waals surface area (Å²) in [6.45, 7) is 4.63. The maximum absolute atomic E-state index is 12.6. The van der Waals surface area contributed by atoms with Crippen molar-refractivity contribution >= 4 is 15.2 Å². The maximum Gasteiger partial charge on any atom is 0.359 e. The Hall–Kier alpha value is 0.220. The highest BCUT2D eigenvalue weighted by atomic mass is 31.2. The third-order valence-electron chi connectivity index (χ3n) is 10.2. The molecule has 0 heterocycles. The molecular weight excluding hydrogens is 670 g/mol. The summed E-state index contributed by atoms with van der Waals surface area (Å²) in [5.74, 6) is 0. The van der Waals surface area contributed by atoms with Crippen LogP contribution in [0.25, 0.3) is 0 Å². The van der Waals surface area contributed by atoms with Gasteiger partial charge in [-0.05, 0) is 12.8 Å². The average molecular weight is 755 g/mol. The lowest BCUT2D eigenvalue weighted by Crippen LogP contribution is -2.39. The molecule has 0 aromatic carbocycles. The fraction of sp³-hybridized carbons (Fsp3) is 1.00. The Labute approximate surface area is 309 Å². The molecule has 0 rings (SSSR count). The van der Waals surface area contributed by atoms with Crippen molar-refractivity contribution in [1.82, 2.24) is 0 Å². The van der Waals surface area contributed by atoms with Gasteiger partial charge in [0.1, 0.15) is 0 Å². The van der Waals surface area contributed by atoms with Crippen molar-refractivity contribution in [3.05, 3.63) is 0 Å². The molecule has 0 saturated carbocycles. The van der Waals surface area contributed by atoms with Crippen molar-refractivity contribution < 1.29 is 38.2 Å². The van der Waals surface area contributed by atoms with Gasteiger partial charge in [0.15, 0.2) is 5.34 Å². The normalized spacial score (nSPS) is 13.6. The number of ether oxygens (including phenoxy) is 2. The van der Waals surface area contributed by atoms with Gasteiger partial charge in [-0.2, -0.15) is 0 Å². The van der Waals surface area contributed by atoms with Crippen molar-refractivity contribution in [2.24, 2.45) is 0 Å². The van der Waals surface area contributed by atoms with Crippen LogP contribution in [0.3, 0.4) is 0 Å². The average Bonchev–Trinajstić information content (AvgIpc) is 3.06. The Morgan fingerprint density at radius 3 is 0.980 bits per heavy atom. The molecule has 302 valence electrons. The van der Waals surface area contributed by atoms with Crippen LogP contribution in [0.2, 0.25) is 0 Å². The van der Waals surface area contributed by atoms with Gasteiger partial charge in [0.25, 0.3) is 0 Å². The topological polar surface area (TPSA) is 134 Å². The van der Waals surface area contributed by atoms with E-state index in [4.69, 9.17) is 9.47 Å². The molecule has 0 spiro atoms. The second-order valence-corrected chi connectivity index (χ2v) is 18.8. The molecule has 50 heavy (non-hydrogen) atoms. The zero-order valence-electron chi connectivity index (χ0n) is 33.0. The lowest BCUT2D eigenvalue weighted by atomic mass is 10.0. The lowest BCUT2D eigenvalue weighted by molar-refractivity contribution is -0.0623. The van der Waals surface area contributed by atoms with Gasteiger partial charge in [0.2, 0.25) is 0 Å². The summed E-state index contributed by atoms with van der Waals surface area (Å²) in [5.41, 5.74) is 0. The van der Waals surface area contributed by atoms with Gasteiger partial charge >= 0.3 is 15.2 Å². The van der Waals surface area contributed by atoms with E-state index in [2.05, 4.69) is 13.8 Å². The summed E-state index contributed by atoms with van der Waals surface area (Å²) in [5, 5.41) is -2.03. The Morgan fingerprint density at radius 1 is 0.420 bits per heavy atom. The molecule has 1 unspecified atom stereocenters. The second-order valence-electron chi connectivity index (χ2n) is 15.1. The summed E-state index contributed by atoms with van der Waals surface area (Å²) < 4.78 is 35.8. The largest absolute Gasteiger partial charge is 0.378 e. The molecule has 0 aliphatic rings. The molecule has 0 aromatic heterocycles. The van der Waals surface area contributed by atoms with Crippen molar-refractivity contribution in [2.75, 3.05) is 26.0 Å². The number of hydrogen-bond donors (Lipinski definition) is 4. The standard InChI is InChI=1S/C40H84O8P2/c1-3-5-7-9-11-13-15-17-19-21-23-25-27-29-31-33-36-47-39-40(50(44,45)46,35-38-49(41,42)43)48-37-34-32-30-28-26-24-22-20-18-16-14-12-10-8-6-4-2/h3-39H2,1-2H3,(H2,41,42,43)(H2,44,45,46). The van der Waals surface area contributed by atoms with Gasteiger partial charge in [-0.25, -0.2) is 0 Å². The summed E-state index contributed by atoms with van der Waals surface area (Å²) in [6.07, 6.45) is 38.9. The lowest BCUT2D eigenvalue weighted by Gasteiger charge is -2.34. The molecule has 0 aliphatic heterocycles. The minimum Gasteiger partial charge on any atom is -0.378 e. The molecule has 0 bridgehead atoms. The minimum atomic E-state index is -4.87. The molecule has 10 heteroatoms. The SMILES string of the molecule is CCCCCCCCCCCCCCCCCCOCC(CCP(=O)(O)O)(OCCCCCCCCCCCCCCCCCC)P(=O)(O)O. The molecule has 1 atom stereocenters. The van der Waals surface area contributed by atoms with Crippen molar-refractivity contribution in [3.63, 3.8) is 0 Å². The van der Waals surface area contributed by atoms with E-state index < -0.39 is 33.1 Å². The first-order valence-corrected chi connectivity index (χ1v) is 24.8. The molecule has 0 aliphatic carbocycles. The van der Waals surface area contributed by atoms with Crippen LogP contribution >= 0.6 is 15.2 Å². The van der Waals surface area contributed by atoms with Crippen molar-refractivity contribution in [3.8, 4) is 0 Å². The highest BCUT2D eigenvalue weighted by Gasteiger charge is 2.49. The van der Waals surface area contributed by atoms with Crippen LogP contribution in [0, 0.1) is 0 Å². The van der Waals surface area contributed by atoms with Crippen LogP contribution in [-0.2, 0) is 18.6 Å². The fourth-order valence-corrected chi connectivity index (χ4v) is 8.47. The van der Waals surface area contributed by atoms with Gasteiger partial charge in [-0.1, -0.05) is 206 Å². The summed E-state index contributed by atoms with van der Waals surface area (Å²) >= 11 is 0. The Bertz CT molecular complexity index is 802. The predicted octanol–water partition coefficient (Wildman–Crippen LogP) is 13.0. The van der Waals surface area contributed by atoms with E-state index in [1.807, 2.05) is 0 Å². The van der Waals surface area contributed by atoms with Crippen LogP contribution < -0.4 is 0 Å². The first kappa shape index (κ1) is 50.2. The second kappa shape index (κ2) is 35.0. The molecule has 0 aromatic rings. The van der Waals surface area contributed by atoms with E-state index in [1.54, 1.807) is 0 Å². The van der Waals surface area contributed by atoms with E-state index in [-0.39, 0.29) is 13.2 Å². The Balaban J connectivity index is 4.13. The summed E-state index contributed by atoms with van der Waals surface area (Å²) in [7, 11) is -9.33. The summed E-state index contributed by atoms with van der Waals surface area (Å²) in [4.78, 5) is 39.4. The van der Waals surface area contributed by atoms with E-state index in [9.17, 15) is 28.7 Å². The molecule has 0 amide bonds. The van der Waals surface area contributed by atoms with Gasteiger partial charge < -0.3 is 29.0 Å². The van der Waals surface area contributed by atoms with Crippen molar-refractivity contribution in [1.29, 1.82) is 0 Å². The summed E-state index contributed by atoms with van der Waals surface area (Å²) in [6, 6.07) is 0. The van der Waals surface area contributed by atoms with Crippen LogP contribution in [0.1, 0.15) is 226 Å². The smallest absolute Gasteiger partial charge is 0.359 e. The van der Waals surface area contributed by atoms with Crippen LogP contribution in [0.4, 0.5) is 0 Å². The van der Waals surface area contributed by atoms with Gasteiger partial charge in [0.05, 0.1) is 12.8 Å². The van der Waals surface area contributed by atoms with Gasteiger partial charge in [-0.3, -0.25) is 9.13 Å². The zero-order chi connectivity index (χ0) is 37.1. The first-order chi connectivity index (χ1) is 24.1. The Kier molecular flexibility index (Phi) is 35.1. The first-order valence-electron chi connectivity index (χ1n) is 21.4. The molecule has 8 nitrogen and oxygen atoms in total. The van der Waals surface area contributed by atoms with Gasteiger partial charge in [0, 0.05) is 19.6 Å². The maximum atomic E-state index is 12.6. The molecule has 4 N–H and O–H groups in total. The highest BCUT2D eigenvalue weighted by Crippen LogP contribution is 2.55. The van der Waals surface area contributed by atoms with E-state index in [0.717, 1.165) is 38.5 Å². The van der Waals surface area contributed by atoms with E-state index in [1.165, 1.54) is 161 Å². The fourth-order valence-electron chi connectivity index (χ4n) is 6.72. The minimum absolute atomic E-state index is 0.132. The van der Waals surface area contributed by atoms with Gasteiger partial charge in [-0.15, -0.1) is 0 Å². The van der Waals surface area contributed by atoms with E-state index >= 15 is 0 Å². The third-order valence-corrected chi connectivity index (χ3v) is 12.5. The molecule has 0 saturated heterocycles. The number of rotatable bonds is 41. The van der Waals surface area contributed by atoms with Crippen LogP contribution in [0.5, 0.6) is 0 Å². The predicted molar refractivity (Wildman–Crippen MR) is 212 cm³/mol. The van der Waals surface area contributed by atoms with Crippen molar-refractivity contribution in [2.45, 2.75) is 231 Å². The monoisotopic (exact) mass is 755 g/mol. The van der Waals surface area contributed by atoms with E-state index in [0.29, 0.717) is 13.0 Å². The third kappa shape index (κ3) is 32.8. The zero-order valence-corrected chi connectivity index (χ0v) is 34.8. The Morgan fingerprint density at radius 2 is 0.700 bits per heavy atom. The van der Waals surface area contributed by atoms with Crippen LogP contribution in [0.15, 0.2) is 0 Å². The highest BCUT2D eigenvalue weighted by molar-refractivity contribution is 7.54. The molecule has 0 fully saturated rings. The molecule has 0 radical (unpaired) electrons. The van der Waals surface area contributed by atoms with Crippen LogP contribution in [-0.4, -0.2) is 50.9 Å². The quantitative estimate of drug-likeness (QED) is 0.0358. The number of hydrogen-bond acceptors (Lipinski definition) is 4. The molecular formula is C40H84O8P2.